The minimum absolute atomic E-state index is 0.126. The molecule has 1 aromatic rings. The molecule has 1 aliphatic rings. The molecule has 4 nitrogen and oxygen atoms in total. The number of nitrogens with one attached hydrogen (secondary N) is 1. The maximum Gasteiger partial charge on any atom is 0.253 e. The average molecular weight is 248 g/mol. The maximum absolute atomic E-state index is 12.0. The van der Waals surface area contributed by atoms with Gasteiger partial charge in [-0.05, 0) is 36.8 Å². The molecule has 18 heavy (non-hydrogen) atoms. The summed E-state index contributed by atoms with van der Waals surface area (Å²) in [6.45, 7) is 2.88. The standard InChI is InChI=1S/C14H20N2O2/c1-9(10-6-7-10)8-16-14(17)11-4-3-5-12(18-2)13(11)15/h3-5,9-10H,6-8,15H2,1-2H3,(H,16,17). The van der Waals surface area contributed by atoms with E-state index in [1.165, 1.54) is 12.8 Å². The Balaban J connectivity index is 1.99. The van der Waals surface area contributed by atoms with Crippen LogP contribution in [0.5, 0.6) is 5.75 Å². The number of ether oxygens (including phenoxy) is 1. The fourth-order valence-electron chi connectivity index (χ4n) is 2.10. The summed E-state index contributed by atoms with van der Waals surface area (Å²) >= 11 is 0. The molecule has 3 N–H and O–H groups in total. The van der Waals surface area contributed by atoms with E-state index in [2.05, 4.69) is 12.2 Å². The number of carbonyl (C=O) groups is 1. The number of nitrogens with two attached hydrogens (primary N) is 1. The van der Waals surface area contributed by atoms with E-state index in [9.17, 15) is 4.79 Å². The summed E-state index contributed by atoms with van der Waals surface area (Å²) in [6.07, 6.45) is 2.58. The second kappa shape index (κ2) is 5.29. The van der Waals surface area contributed by atoms with Gasteiger partial charge in [0.15, 0.2) is 0 Å². The molecule has 0 aromatic heterocycles. The Morgan fingerprint density at radius 2 is 2.28 bits per heavy atom. The minimum Gasteiger partial charge on any atom is -0.495 e. The Bertz CT molecular complexity index is 441. The van der Waals surface area contributed by atoms with Gasteiger partial charge < -0.3 is 15.8 Å². The smallest absolute Gasteiger partial charge is 0.253 e. The molecular weight excluding hydrogens is 228 g/mol. The molecule has 1 saturated carbocycles. The summed E-state index contributed by atoms with van der Waals surface area (Å²) in [5, 5.41) is 2.94. The van der Waals surface area contributed by atoms with E-state index in [4.69, 9.17) is 10.5 Å². The van der Waals surface area contributed by atoms with Crippen molar-refractivity contribution in [3.63, 3.8) is 0 Å². The number of benzene rings is 1. The number of hydrogen-bond acceptors (Lipinski definition) is 3. The Kier molecular flexibility index (Phi) is 3.75. The Labute approximate surface area is 108 Å². The molecule has 0 radical (unpaired) electrons. The van der Waals surface area contributed by atoms with Crippen LogP contribution in [0.15, 0.2) is 18.2 Å². The number of rotatable bonds is 5. The Morgan fingerprint density at radius 1 is 1.56 bits per heavy atom. The molecule has 0 spiro atoms. The quantitative estimate of drug-likeness (QED) is 0.784. The molecule has 4 heteroatoms. The zero-order valence-electron chi connectivity index (χ0n) is 10.9. The van der Waals surface area contributed by atoms with Crippen molar-refractivity contribution in [1.82, 2.24) is 5.32 Å². The third-order valence-corrected chi connectivity index (χ3v) is 3.54. The molecule has 0 saturated heterocycles. The van der Waals surface area contributed by atoms with E-state index in [0.29, 0.717) is 29.5 Å². The maximum atomic E-state index is 12.0. The number of para-hydroxylation sites is 1. The van der Waals surface area contributed by atoms with Crippen LogP contribution >= 0.6 is 0 Å². The molecule has 1 amide bonds. The molecule has 1 aromatic carbocycles. The van der Waals surface area contributed by atoms with Gasteiger partial charge in [0.1, 0.15) is 5.75 Å². The van der Waals surface area contributed by atoms with Gasteiger partial charge in [0.05, 0.1) is 18.4 Å². The molecule has 0 heterocycles. The second-order valence-electron chi connectivity index (χ2n) is 4.95. The summed E-state index contributed by atoms with van der Waals surface area (Å²) in [7, 11) is 1.54. The lowest BCUT2D eigenvalue weighted by Gasteiger charge is -2.13. The van der Waals surface area contributed by atoms with E-state index in [1.807, 2.05) is 0 Å². The molecule has 1 aliphatic carbocycles. The summed E-state index contributed by atoms with van der Waals surface area (Å²) in [6, 6.07) is 5.24. The van der Waals surface area contributed by atoms with E-state index in [-0.39, 0.29) is 5.91 Å². The molecule has 1 fully saturated rings. The number of methoxy groups -OCH3 is 1. The van der Waals surface area contributed by atoms with Crippen molar-refractivity contribution in [2.24, 2.45) is 11.8 Å². The highest BCUT2D eigenvalue weighted by Crippen LogP contribution is 2.36. The first kappa shape index (κ1) is 12.7. The third-order valence-electron chi connectivity index (χ3n) is 3.54. The minimum atomic E-state index is -0.126. The fourth-order valence-corrected chi connectivity index (χ4v) is 2.10. The first-order valence-electron chi connectivity index (χ1n) is 6.34. The predicted octanol–water partition coefficient (Wildman–Crippen LogP) is 2.05. The molecule has 1 unspecified atom stereocenters. The van der Waals surface area contributed by atoms with Crippen molar-refractivity contribution in [3.8, 4) is 5.75 Å². The van der Waals surface area contributed by atoms with Crippen LogP contribution < -0.4 is 15.8 Å². The molecule has 1 atom stereocenters. The monoisotopic (exact) mass is 248 g/mol. The van der Waals surface area contributed by atoms with Crippen molar-refractivity contribution in [2.75, 3.05) is 19.4 Å². The van der Waals surface area contributed by atoms with Gasteiger partial charge in [-0.15, -0.1) is 0 Å². The van der Waals surface area contributed by atoms with Gasteiger partial charge in [0.25, 0.3) is 5.91 Å². The highest BCUT2D eigenvalue weighted by atomic mass is 16.5. The largest absolute Gasteiger partial charge is 0.495 e. The highest BCUT2D eigenvalue weighted by molar-refractivity contribution is 6.00. The Morgan fingerprint density at radius 3 is 2.89 bits per heavy atom. The van der Waals surface area contributed by atoms with E-state index in [1.54, 1.807) is 25.3 Å². The van der Waals surface area contributed by atoms with Gasteiger partial charge in [-0.2, -0.15) is 0 Å². The van der Waals surface area contributed by atoms with E-state index in [0.717, 1.165) is 5.92 Å². The molecule has 98 valence electrons. The number of carbonyl (C=O) groups excluding carboxylic acids is 1. The number of nitrogen functional groups attached to an aromatic ring is 1. The van der Waals surface area contributed by atoms with Gasteiger partial charge in [0.2, 0.25) is 0 Å². The van der Waals surface area contributed by atoms with Gasteiger partial charge >= 0.3 is 0 Å². The van der Waals surface area contributed by atoms with Gasteiger partial charge in [-0.25, -0.2) is 0 Å². The number of hydrogen-bond donors (Lipinski definition) is 2. The van der Waals surface area contributed by atoms with E-state index >= 15 is 0 Å². The molecule has 2 rings (SSSR count). The van der Waals surface area contributed by atoms with Crippen molar-refractivity contribution in [3.05, 3.63) is 23.8 Å². The lowest BCUT2D eigenvalue weighted by atomic mass is 10.1. The van der Waals surface area contributed by atoms with Crippen molar-refractivity contribution >= 4 is 11.6 Å². The zero-order valence-corrected chi connectivity index (χ0v) is 10.9. The second-order valence-corrected chi connectivity index (χ2v) is 4.95. The van der Waals surface area contributed by atoms with Crippen molar-refractivity contribution in [2.45, 2.75) is 19.8 Å². The highest BCUT2D eigenvalue weighted by Gasteiger charge is 2.28. The first-order chi connectivity index (χ1) is 8.63. The predicted molar refractivity (Wildman–Crippen MR) is 71.6 cm³/mol. The third kappa shape index (κ3) is 2.75. The fraction of sp³-hybridized carbons (Fsp3) is 0.500. The van der Waals surface area contributed by atoms with E-state index < -0.39 is 0 Å². The number of amides is 1. The van der Waals surface area contributed by atoms with Gasteiger partial charge in [-0.1, -0.05) is 13.0 Å². The van der Waals surface area contributed by atoms with Crippen LogP contribution in [0.2, 0.25) is 0 Å². The summed E-state index contributed by atoms with van der Waals surface area (Å²) in [5.41, 5.74) is 6.77. The Hall–Kier alpha value is -1.71. The summed E-state index contributed by atoms with van der Waals surface area (Å²) < 4.78 is 5.10. The SMILES string of the molecule is COc1cccc(C(=O)NCC(C)C2CC2)c1N. The van der Waals surface area contributed by atoms with Crippen molar-refractivity contribution < 1.29 is 9.53 Å². The van der Waals surface area contributed by atoms with Crippen LogP contribution in [0.4, 0.5) is 5.69 Å². The zero-order chi connectivity index (χ0) is 13.1. The van der Waals surface area contributed by atoms with Crippen LogP contribution in [0.3, 0.4) is 0 Å². The summed E-state index contributed by atoms with van der Waals surface area (Å²) in [4.78, 5) is 12.0. The van der Waals surface area contributed by atoms with Crippen LogP contribution in [0.1, 0.15) is 30.1 Å². The molecule has 0 aliphatic heterocycles. The van der Waals surface area contributed by atoms with Crippen LogP contribution in [-0.4, -0.2) is 19.6 Å². The van der Waals surface area contributed by atoms with Crippen LogP contribution in [0.25, 0.3) is 0 Å². The summed E-state index contributed by atoms with van der Waals surface area (Å²) in [5.74, 6) is 1.74. The van der Waals surface area contributed by atoms with Crippen LogP contribution in [-0.2, 0) is 0 Å². The van der Waals surface area contributed by atoms with Gasteiger partial charge in [0, 0.05) is 6.54 Å². The lowest BCUT2D eigenvalue weighted by molar-refractivity contribution is 0.0947. The topological polar surface area (TPSA) is 64.3 Å². The van der Waals surface area contributed by atoms with Crippen molar-refractivity contribution in [1.29, 1.82) is 0 Å². The number of anilines is 1. The molecule has 0 bridgehead atoms. The average Bonchev–Trinajstić information content (AvgIpc) is 3.20. The lowest BCUT2D eigenvalue weighted by Crippen LogP contribution is -2.29. The van der Waals surface area contributed by atoms with Crippen LogP contribution in [0, 0.1) is 11.8 Å². The first-order valence-corrected chi connectivity index (χ1v) is 6.34. The molecular formula is C14H20N2O2. The normalized spacial score (nSPS) is 16.1. The van der Waals surface area contributed by atoms with Gasteiger partial charge in [-0.3, -0.25) is 4.79 Å².